The summed E-state index contributed by atoms with van der Waals surface area (Å²) < 4.78 is 76.0. The first kappa shape index (κ1) is 29.9. The smallest absolute Gasteiger partial charge is 0.406 e. The molecule has 35 heavy (non-hydrogen) atoms. The van der Waals surface area contributed by atoms with Gasteiger partial charge in [0, 0.05) is 30.9 Å². The van der Waals surface area contributed by atoms with E-state index in [4.69, 9.17) is 0 Å². The van der Waals surface area contributed by atoms with E-state index in [-0.39, 0.29) is 30.0 Å². The van der Waals surface area contributed by atoms with Crippen molar-refractivity contribution in [2.75, 3.05) is 6.54 Å². The second kappa shape index (κ2) is 12.5. The highest BCUT2D eigenvalue weighted by atomic mass is 19.4. The Morgan fingerprint density at radius 3 is 2.06 bits per heavy atom. The lowest BCUT2D eigenvalue weighted by Crippen LogP contribution is -2.44. The summed E-state index contributed by atoms with van der Waals surface area (Å²) >= 11 is 0. The molecule has 2 aromatic rings. The maximum atomic E-state index is 12.4. The lowest BCUT2D eigenvalue weighted by atomic mass is 9.99. The molecule has 0 fully saturated rings. The van der Waals surface area contributed by atoms with Gasteiger partial charge in [0.05, 0.1) is 6.54 Å². The zero-order valence-corrected chi connectivity index (χ0v) is 19.9. The van der Waals surface area contributed by atoms with Crippen molar-refractivity contribution < 1.29 is 40.7 Å². The Kier molecular flexibility index (Phi) is 10.7. The summed E-state index contributed by atoms with van der Waals surface area (Å²) in [5.41, 5.74) is 0.680. The first-order chi connectivity index (χ1) is 16.0. The van der Waals surface area contributed by atoms with Gasteiger partial charge in [-0.25, -0.2) is 9.97 Å². The third-order valence-corrected chi connectivity index (χ3v) is 4.73. The molecule has 1 heterocycles. The fourth-order valence-corrected chi connectivity index (χ4v) is 3.17. The SMILES string of the molecule is CCC(C(C)C)N(CC(=O)c1cccc(OC(F)(F)F)c1)C(C)=O.Cc1cnc(C(F)(F)F)nc1. The van der Waals surface area contributed by atoms with E-state index in [2.05, 4.69) is 14.7 Å². The van der Waals surface area contributed by atoms with Crippen molar-refractivity contribution in [2.45, 2.75) is 59.6 Å². The number of aromatic nitrogens is 2. The molecule has 0 aliphatic rings. The van der Waals surface area contributed by atoms with Gasteiger partial charge in [-0.1, -0.05) is 32.9 Å². The van der Waals surface area contributed by atoms with Crippen LogP contribution in [0.2, 0.25) is 0 Å². The Balaban J connectivity index is 0.000000462. The molecule has 12 heteroatoms. The van der Waals surface area contributed by atoms with Crippen LogP contribution in [0.1, 0.15) is 55.9 Å². The van der Waals surface area contributed by atoms with Crippen LogP contribution in [0.25, 0.3) is 0 Å². The Morgan fingerprint density at radius 2 is 1.63 bits per heavy atom. The van der Waals surface area contributed by atoms with E-state index < -0.39 is 29.9 Å². The summed E-state index contributed by atoms with van der Waals surface area (Å²) in [5.74, 6) is -2.07. The molecule has 0 saturated heterocycles. The highest BCUT2D eigenvalue weighted by Gasteiger charge is 2.34. The van der Waals surface area contributed by atoms with Crippen LogP contribution in [-0.2, 0) is 11.0 Å². The maximum absolute atomic E-state index is 12.4. The van der Waals surface area contributed by atoms with E-state index >= 15 is 0 Å². The molecular formula is C23H27F6N3O3. The van der Waals surface area contributed by atoms with Gasteiger partial charge in [-0.3, -0.25) is 9.59 Å². The fraction of sp³-hybridized carbons (Fsp3) is 0.478. The summed E-state index contributed by atoms with van der Waals surface area (Å²) in [6.45, 7) is 8.64. The van der Waals surface area contributed by atoms with Gasteiger partial charge < -0.3 is 9.64 Å². The van der Waals surface area contributed by atoms with Crippen LogP contribution < -0.4 is 4.74 Å². The second-order valence-corrected chi connectivity index (χ2v) is 7.95. The number of ketones is 1. The number of carbonyl (C=O) groups excluding carboxylic acids is 2. The molecule has 0 saturated carbocycles. The molecule has 1 aromatic carbocycles. The number of rotatable bonds is 7. The Morgan fingerprint density at radius 1 is 1.06 bits per heavy atom. The highest BCUT2D eigenvalue weighted by molar-refractivity contribution is 5.99. The van der Waals surface area contributed by atoms with Crippen molar-refractivity contribution in [3.63, 3.8) is 0 Å². The Bertz CT molecular complexity index is 976. The Labute approximate surface area is 199 Å². The molecule has 0 aliphatic carbocycles. The molecule has 1 unspecified atom stereocenters. The molecule has 1 amide bonds. The number of carbonyl (C=O) groups is 2. The van der Waals surface area contributed by atoms with Crippen LogP contribution in [-0.4, -0.2) is 45.5 Å². The molecule has 1 aromatic heterocycles. The minimum absolute atomic E-state index is 0.0709. The minimum atomic E-state index is -4.82. The number of amides is 1. The molecule has 0 N–H and O–H groups in total. The normalized spacial score (nSPS) is 12.5. The third-order valence-electron chi connectivity index (χ3n) is 4.73. The largest absolute Gasteiger partial charge is 0.573 e. The number of benzene rings is 1. The van der Waals surface area contributed by atoms with E-state index in [0.717, 1.165) is 24.5 Å². The predicted octanol–water partition coefficient (Wildman–Crippen LogP) is 5.85. The van der Waals surface area contributed by atoms with E-state index in [9.17, 15) is 35.9 Å². The van der Waals surface area contributed by atoms with Gasteiger partial charge in [-0.05, 0) is 37.0 Å². The van der Waals surface area contributed by atoms with Crippen molar-refractivity contribution in [3.8, 4) is 5.75 Å². The van der Waals surface area contributed by atoms with Gasteiger partial charge in [-0.15, -0.1) is 13.2 Å². The lowest BCUT2D eigenvalue weighted by Gasteiger charge is -2.32. The molecule has 1 atom stereocenters. The minimum Gasteiger partial charge on any atom is -0.406 e. The maximum Gasteiger partial charge on any atom is 0.573 e. The van der Waals surface area contributed by atoms with E-state index in [1.54, 1.807) is 6.92 Å². The van der Waals surface area contributed by atoms with E-state index in [1.165, 1.54) is 24.0 Å². The molecule has 0 radical (unpaired) electrons. The van der Waals surface area contributed by atoms with Gasteiger partial charge >= 0.3 is 12.5 Å². The van der Waals surface area contributed by atoms with Crippen LogP contribution in [0, 0.1) is 12.8 Å². The summed E-state index contributed by atoms with van der Waals surface area (Å²) in [7, 11) is 0. The number of nitrogens with zero attached hydrogens (tertiary/aromatic N) is 3. The van der Waals surface area contributed by atoms with Gasteiger partial charge in [0.15, 0.2) is 5.78 Å². The fourth-order valence-electron chi connectivity index (χ4n) is 3.17. The van der Waals surface area contributed by atoms with Crippen LogP contribution in [0.4, 0.5) is 26.3 Å². The van der Waals surface area contributed by atoms with Crippen LogP contribution in [0.15, 0.2) is 36.7 Å². The molecule has 0 spiro atoms. The number of Topliss-reactive ketones (excluding diaryl/α,β-unsaturated/α-hetero) is 1. The van der Waals surface area contributed by atoms with Crippen molar-refractivity contribution >= 4 is 11.7 Å². The number of hydrogen-bond donors (Lipinski definition) is 0. The molecule has 0 bridgehead atoms. The zero-order chi connectivity index (χ0) is 27.0. The lowest BCUT2D eigenvalue weighted by molar-refractivity contribution is -0.274. The summed E-state index contributed by atoms with van der Waals surface area (Å²) in [6.07, 6.45) is -6.31. The topological polar surface area (TPSA) is 72.4 Å². The number of halogens is 6. The molecule has 194 valence electrons. The van der Waals surface area contributed by atoms with Crippen molar-refractivity contribution in [1.82, 2.24) is 14.9 Å². The van der Waals surface area contributed by atoms with E-state index in [0.29, 0.717) is 12.0 Å². The first-order valence-corrected chi connectivity index (χ1v) is 10.6. The molecule has 0 aliphatic heterocycles. The van der Waals surface area contributed by atoms with Gasteiger partial charge in [0.2, 0.25) is 11.7 Å². The first-order valence-electron chi connectivity index (χ1n) is 10.6. The van der Waals surface area contributed by atoms with Crippen LogP contribution in [0.5, 0.6) is 5.75 Å². The van der Waals surface area contributed by atoms with Crippen molar-refractivity contribution in [1.29, 1.82) is 0 Å². The van der Waals surface area contributed by atoms with Crippen LogP contribution in [0.3, 0.4) is 0 Å². The van der Waals surface area contributed by atoms with Crippen molar-refractivity contribution in [3.05, 3.63) is 53.6 Å². The molecule has 6 nitrogen and oxygen atoms in total. The number of aryl methyl sites for hydroxylation is 1. The van der Waals surface area contributed by atoms with Crippen LogP contribution >= 0.6 is 0 Å². The summed E-state index contributed by atoms with van der Waals surface area (Å²) in [4.78, 5) is 31.9. The van der Waals surface area contributed by atoms with Gasteiger partial charge in [0.1, 0.15) is 5.75 Å². The number of ether oxygens (including phenoxy) is 1. The number of alkyl halides is 6. The Hall–Kier alpha value is -3.18. The summed E-state index contributed by atoms with van der Waals surface area (Å²) in [6, 6.07) is 4.76. The third kappa shape index (κ3) is 10.3. The second-order valence-electron chi connectivity index (χ2n) is 7.95. The monoisotopic (exact) mass is 507 g/mol. The molecular weight excluding hydrogens is 480 g/mol. The molecule has 2 rings (SSSR count). The van der Waals surface area contributed by atoms with E-state index in [1.807, 2.05) is 20.8 Å². The average Bonchev–Trinajstić information content (AvgIpc) is 2.72. The summed E-state index contributed by atoms with van der Waals surface area (Å²) in [5, 5.41) is 0. The zero-order valence-electron chi connectivity index (χ0n) is 19.9. The highest BCUT2D eigenvalue weighted by Crippen LogP contribution is 2.25. The standard InChI is InChI=1S/C17H22F3NO3.C6H5F3N2/c1-5-15(11(2)3)21(12(4)22)10-16(23)13-7-6-8-14(9-13)24-17(18,19)20;1-4-2-10-5(11-3-4)6(7,8)9/h6-9,11,15H,5,10H2,1-4H3;2-3H,1H3. The quantitative estimate of drug-likeness (QED) is 0.347. The predicted molar refractivity (Wildman–Crippen MR) is 116 cm³/mol. The van der Waals surface area contributed by atoms with Gasteiger partial charge in [-0.2, -0.15) is 13.2 Å². The van der Waals surface area contributed by atoms with Gasteiger partial charge in [0.25, 0.3) is 0 Å². The number of hydrogen-bond acceptors (Lipinski definition) is 5. The van der Waals surface area contributed by atoms with Crippen molar-refractivity contribution in [2.24, 2.45) is 5.92 Å². The average molecular weight is 507 g/mol.